The molecule has 36 heavy (non-hydrogen) atoms. The number of allylic oxidation sites excluding steroid dienone is 1. The van der Waals surface area contributed by atoms with E-state index in [-0.39, 0.29) is 6.29 Å². The SMILES string of the molecule is COc1ccc2c(c1)C(C)CC(c1ccccc1)=C2c1ccc(N2CCC(C(OC)OC)CC2)cc1. The molecule has 1 aliphatic carbocycles. The molecule has 0 saturated carbocycles. The van der Waals surface area contributed by atoms with Gasteiger partial charge >= 0.3 is 0 Å². The van der Waals surface area contributed by atoms with Gasteiger partial charge in [-0.25, -0.2) is 0 Å². The van der Waals surface area contributed by atoms with Gasteiger partial charge in [-0.2, -0.15) is 0 Å². The second kappa shape index (κ2) is 10.9. The molecule has 0 bridgehead atoms. The number of ether oxygens (including phenoxy) is 3. The van der Waals surface area contributed by atoms with Gasteiger partial charge in [-0.05, 0) is 82.8 Å². The number of rotatable bonds is 7. The molecule has 1 fully saturated rings. The van der Waals surface area contributed by atoms with Crippen molar-refractivity contribution in [3.8, 4) is 5.75 Å². The molecule has 1 heterocycles. The van der Waals surface area contributed by atoms with Crippen molar-refractivity contribution in [3.63, 3.8) is 0 Å². The third kappa shape index (κ3) is 4.80. The highest BCUT2D eigenvalue weighted by atomic mass is 16.7. The number of nitrogens with zero attached hydrogens (tertiary/aromatic N) is 1. The topological polar surface area (TPSA) is 30.9 Å². The molecule has 3 aromatic rings. The van der Waals surface area contributed by atoms with E-state index >= 15 is 0 Å². The van der Waals surface area contributed by atoms with Crippen molar-refractivity contribution in [1.29, 1.82) is 0 Å². The van der Waals surface area contributed by atoms with Crippen LogP contribution in [-0.2, 0) is 9.47 Å². The molecule has 0 N–H and O–H groups in total. The zero-order valence-electron chi connectivity index (χ0n) is 21.9. The van der Waals surface area contributed by atoms with Crippen LogP contribution in [0.4, 0.5) is 5.69 Å². The van der Waals surface area contributed by atoms with Crippen LogP contribution in [0.1, 0.15) is 54.4 Å². The third-order valence-electron chi connectivity index (χ3n) is 7.90. The van der Waals surface area contributed by atoms with Crippen LogP contribution < -0.4 is 9.64 Å². The quantitative estimate of drug-likeness (QED) is 0.339. The van der Waals surface area contributed by atoms with Crippen LogP contribution in [0.2, 0.25) is 0 Å². The van der Waals surface area contributed by atoms with E-state index in [1.807, 2.05) is 0 Å². The van der Waals surface area contributed by atoms with E-state index in [0.29, 0.717) is 11.8 Å². The Morgan fingerprint density at radius 3 is 2.14 bits per heavy atom. The van der Waals surface area contributed by atoms with Gasteiger partial charge in [-0.15, -0.1) is 0 Å². The van der Waals surface area contributed by atoms with Crippen molar-refractivity contribution >= 4 is 16.8 Å². The van der Waals surface area contributed by atoms with E-state index < -0.39 is 0 Å². The first-order chi connectivity index (χ1) is 17.6. The molecule has 0 spiro atoms. The summed E-state index contributed by atoms with van der Waals surface area (Å²) in [4.78, 5) is 2.48. The number of hydrogen-bond acceptors (Lipinski definition) is 4. The Balaban J connectivity index is 1.48. The first-order valence-corrected chi connectivity index (χ1v) is 13.0. The lowest BCUT2D eigenvalue weighted by atomic mass is 9.75. The van der Waals surface area contributed by atoms with Crippen LogP contribution in [0.3, 0.4) is 0 Å². The highest BCUT2D eigenvalue weighted by Gasteiger charge is 2.28. The van der Waals surface area contributed by atoms with Crippen LogP contribution >= 0.6 is 0 Å². The average molecular weight is 484 g/mol. The fraction of sp³-hybridized carbons (Fsp3) is 0.375. The molecule has 0 amide bonds. The van der Waals surface area contributed by atoms with Crippen LogP contribution in [0.25, 0.3) is 11.1 Å². The molecule has 1 aliphatic heterocycles. The van der Waals surface area contributed by atoms with E-state index in [4.69, 9.17) is 14.2 Å². The molecule has 4 nitrogen and oxygen atoms in total. The number of fused-ring (bicyclic) bond motifs is 1. The molecule has 4 heteroatoms. The molecule has 0 radical (unpaired) electrons. The predicted octanol–water partition coefficient (Wildman–Crippen LogP) is 7.00. The van der Waals surface area contributed by atoms with Gasteiger partial charge in [-0.1, -0.05) is 55.5 Å². The van der Waals surface area contributed by atoms with Crippen LogP contribution in [0.5, 0.6) is 5.75 Å². The summed E-state index contributed by atoms with van der Waals surface area (Å²) in [7, 11) is 5.21. The lowest BCUT2D eigenvalue weighted by Crippen LogP contribution is -2.39. The Kier molecular flexibility index (Phi) is 7.45. The molecule has 1 atom stereocenters. The summed E-state index contributed by atoms with van der Waals surface area (Å²) in [6, 6.07) is 26.6. The minimum atomic E-state index is -0.106. The molecule has 188 valence electrons. The van der Waals surface area contributed by atoms with Gasteiger partial charge in [0.1, 0.15) is 5.75 Å². The Bertz CT molecular complexity index is 1190. The lowest BCUT2D eigenvalue weighted by Gasteiger charge is -2.36. The lowest BCUT2D eigenvalue weighted by molar-refractivity contribution is -0.141. The van der Waals surface area contributed by atoms with Crippen molar-refractivity contribution in [3.05, 3.63) is 95.1 Å². The smallest absolute Gasteiger partial charge is 0.159 e. The second-order valence-corrected chi connectivity index (χ2v) is 9.99. The Labute approximate surface area is 215 Å². The standard InChI is InChI=1S/C32H37NO3/c1-22-20-30(23-8-6-5-7-9-23)31(28-15-14-27(34-2)21-29(22)28)24-10-12-26(13-11-24)33-18-16-25(17-19-33)32(35-3)36-4/h5-15,21-22,25,32H,16-20H2,1-4H3. The van der Waals surface area contributed by atoms with E-state index in [9.17, 15) is 0 Å². The number of piperidine rings is 1. The average Bonchev–Trinajstić information content (AvgIpc) is 2.94. The van der Waals surface area contributed by atoms with Gasteiger partial charge < -0.3 is 19.1 Å². The number of anilines is 1. The molecule has 0 aromatic heterocycles. The van der Waals surface area contributed by atoms with Crippen molar-refractivity contribution < 1.29 is 14.2 Å². The number of methoxy groups -OCH3 is 3. The summed E-state index contributed by atoms with van der Waals surface area (Å²) in [5.74, 6) is 1.80. The molecular weight excluding hydrogens is 446 g/mol. The van der Waals surface area contributed by atoms with E-state index in [1.54, 1.807) is 21.3 Å². The first-order valence-electron chi connectivity index (χ1n) is 13.0. The van der Waals surface area contributed by atoms with Crippen LogP contribution in [-0.4, -0.2) is 40.7 Å². The van der Waals surface area contributed by atoms with E-state index in [1.165, 1.54) is 39.1 Å². The van der Waals surface area contributed by atoms with Gasteiger partial charge in [-0.3, -0.25) is 0 Å². The van der Waals surface area contributed by atoms with Gasteiger partial charge in [0.2, 0.25) is 0 Å². The Morgan fingerprint density at radius 1 is 0.806 bits per heavy atom. The van der Waals surface area contributed by atoms with E-state index in [0.717, 1.165) is 38.1 Å². The maximum Gasteiger partial charge on any atom is 0.159 e. The van der Waals surface area contributed by atoms with Gasteiger partial charge in [0, 0.05) is 38.9 Å². The van der Waals surface area contributed by atoms with Gasteiger partial charge in [0.15, 0.2) is 6.29 Å². The molecular formula is C32H37NO3. The fourth-order valence-electron chi connectivity index (χ4n) is 5.97. The second-order valence-electron chi connectivity index (χ2n) is 9.99. The summed E-state index contributed by atoms with van der Waals surface area (Å²) >= 11 is 0. The highest BCUT2D eigenvalue weighted by molar-refractivity contribution is 6.01. The maximum absolute atomic E-state index is 5.56. The molecule has 1 saturated heterocycles. The van der Waals surface area contributed by atoms with Crippen molar-refractivity contribution in [2.45, 2.75) is 38.4 Å². The minimum Gasteiger partial charge on any atom is -0.497 e. The molecule has 3 aromatic carbocycles. The normalized spacial score (nSPS) is 18.5. The summed E-state index contributed by atoms with van der Waals surface area (Å²) in [6.07, 6.45) is 3.05. The minimum absolute atomic E-state index is 0.106. The molecule has 5 rings (SSSR count). The van der Waals surface area contributed by atoms with Crippen LogP contribution in [0, 0.1) is 5.92 Å². The summed E-state index contributed by atoms with van der Waals surface area (Å²) in [5.41, 5.74) is 9.28. The zero-order valence-corrected chi connectivity index (χ0v) is 21.9. The third-order valence-corrected chi connectivity index (χ3v) is 7.90. The molecule has 2 aliphatic rings. The zero-order chi connectivity index (χ0) is 25.1. The molecule has 1 unspecified atom stereocenters. The van der Waals surface area contributed by atoms with Crippen molar-refractivity contribution in [2.24, 2.45) is 5.92 Å². The summed E-state index contributed by atoms with van der Waals surface area (Å²) < 4.78 is 16.6. The number of hydrogen-bond donors (Lipinski definition) is 0. The summed E-state index contributed by atoms with van der Waals surface area (Å²) in [5, 5.41) is 0. The highest BCUT2D eigenvalue weighted by Crippen LogP contribution is 2.46. The van der Waals surface area contributed by atoms with Gasteiger partial charge in [0.05, 0.1) is 7.11 Å². The maximum atomic E-state index is 5.56. The Morgan fingerprint density at radius 2 is 1.50 bits per heavy atom. The van der Waals surface area contributed by atoms with E-state index in [2.05, 4.69) is 84.6 Å². The van der Waals surface area contributed by atoms with Crippen molar-refractivity contribution in [1.82, 2.24) is 0 Å². The monoisotopic (exact) mass is 483 g/mol. The number of benzene rings is 3. The van der Waals surface area contributed by atoms with Crippen LogP contribution in [0.15, 0.2) is 72.8 Å². The largest absolute Gasteiger partial charge is 0.497 e. The van der Waals surface area contributed by atoms with Gasteiger partial charge in [0.25, 0.3) is 0 Å². The first kappa shape index (κ1) is 24.6. The fourth-order valence-corrected chi connectivity index (χ4v) is 5.97. The Hall–Kier alpha value is -3.08. The predicted molar refractivity (Wildman–Crippen MR) is 148 cm³/mol. The summed E-state index contributed by atoms with van der Waals surface area (Å²) in [6.45, 7) is 4.36. The van der Waals surface area contributed by atoms with Crippen molar-refractivity contribution in [2.75, 3.05) is 39.3 Å².